The van der Waals surface area contributed by atoms with Gasteiger partial charge in [-0.25, -0.2) is 0 Å². The molecule has 1 N–H and O–H groups in total. The topological polar surface area (TPSA) is 65.8 Å². The molecule has 3 fully saturated rings. The lowest BCUT2D eigenvalue weighted by molar-refractivity contribution is -0.130. The average Bonchev–Trinajstić information content (AvgIpc) is 3.58. The van der Waals surface area contributed by atoms with E-state index in [0.29, 0.717) is 31.0 Å². The molecule has 1 aromatic heterocycles. The predicted octanol–water partition coefficient (Wildman–Crippen LogP) is 2.23. The molecule has 3 unspecified atom stereocenters. The molecule has 0 radical (unpaired) electrons. The molecular weight excluding hydrogens is 342 g/mol. The van der Waals surface area contributed by atoms with Gasteiger partial charge in [0.15, 0.2) is 0 Å². The van der Waals surface area contributed by atoms with Crippen molar-refractivity contribution < 1.29 is 14.0 Å². The summed E-state index contributed by atoms with van der Waals surface area (Å²) in [6, 6.07) is 4.20. The van der Waals surface area contributed by atoms with Gasteiger partial charge in [-0.1, -0.05) is 6.92 Å². The second kappa shape index (κ2) is 7.50. The van der Waals surface area contributed by atoms with Crippen LogP contribution in [-0.4, -0.2) is 59.9 Å². The van der Waals surface area contributed by atoms with Gasteiger partial charge in [-0.15, -0.1) is 0 Å². The Labute approximate surface area is 160 Å². The minimum absolute atomic E-state index is 0.00229. The fraction of sp³-hybridized carbons (Fsp3) is 0.619. The van der Waals surface area contributed by atoms with Gasteiger partial charge in [0, 0.05) is 44.2 Å². The number of rotatable bonds is 6. The maximum atomic E-state index is 12.4. The SMILES string of the molecule is CC1CC1c1ccc(/C=C/C(=O)N2CCN(C(C)C(=O)NC3CC3)CC2)o1. The first-order chi connectivity index (χ1) is 13.0. The molecule has 2 amide bonds. The Morgan fingerprint density at radius 3 is 2.56 bits per heavy atom. The molecule has 3 aliphatic rings. The number of carbonyl (C=O) groups is 2. The van der Waals surface area contributed by atoms with Gasteiger partial charge < -0.3 is 14.6 Å². The average molecular weight is 371 g/mol. The Bertz CT molecular complexity index is 729. The van der Waals surface area contributed by atoms with E-state index in [9.17, 15) is 9.59 Å². The number of piperazine rings is 1. The highest BCUT2D eigenvalue weighted by atomic mass is 16.3. The van der Waals surface area contributed by atoms with Crippen molar-refractivity contribution in [2.45, 2.75) is 51.1 Å². The van der Waals surface area contributed by atoms with E-state index in [4.69, 9.17) is 4.42 Å². The molecule has 2 heterocycles. The first-order valence-corrected chi connectivity index (χ1v) is 10.1. The van der Waals surface area contributed by atoms with E-state index < -0.39 is 0 Å². The van der Waals surface area contributed by atoms with Gasteiger partial charge in [-0.2, -0.15) is 0 Å². The van der Waals surface area contributed by atoms with E-state index in [1.165, 1.54) is 6.42 Å². The van der Waals surface area contributed by atoms with E-state index in [1.807, 2.05) is 24.0 Å². The Hall–Kier alpha value is -2.08. The summed E-state index contributed by atoms with van der Waals surface area (Å²) in [6.07, 6.45) is 6.75. The molecule has 1 aliphatic heterocycles. The van der Waals surface area contributed by atoms with Crippen molar-refractivity contribution in [1.29, 1.82) is 0 Å². The summed E-state index contributed by atoms with van der Waals surface area (Å²) < 4.78 is 5.82. The maximum Gasteiger partial charge on any atom is 0.246 e. The normalized spacial score (nSPS) is 27.0. The minimum Gasteiger partial charge on any atom is -0.461 e. The van der Waals surface area contributed by atoms with Crippen LogP contribution in [0, 0.1) is 5.92 Å². The van der Waals surface area contributed by atoms with Gasteiger partial charge in [0.2, 0.25) is 11.8 Å². The number of nitrogens with one attached hydrogen (secondary N) is 1. The maximum absolute atomic E-state index is 12.4. The number of hydrogen-bond acceptors (Lipinski definition) is 4. The third-order valence-electron chi connectivity index (χ3n) is 5.99. The van der Waals surface area contributed by atoms with E-state index in [1.54, 1.807) is 12.2 Å². The van der Waals surface area contributed by atoms with Gasteiger partial charge in [-0.3, -0.25) is 14.5 Å². The molecule has 0 aromatic carbocycles. The molecule has 27 heavy (non-hydrogen) atoms. The van der Waals surface area contributed by atoms with Gasteiger partial charge in [0.1, 0.15) is 11.5 Å². The predicted molar refractivity (Wildman–Crippen MR) is 103 cm³/mol. The van der Waals surface area contributed by atoms with Crippen LogP contribution in [0.5, 0.6) is 0 Å². The highest BCUT2D eigenvalue weighted by Crippen LogP contribution is 2.47. The van der Waals surface area contributed by atoms with Crippen LogP contribution < -0.4 is 5.32 Å². The number of furan rings is 1. The summed E-state index contributed by atoms with van der Waals surface area (Å²) in [5.74, 6) is 3.14. The smallest absolute Gasteiger partial charge is 0.246 e. The fourth-order valence-corrected chi connectivity index (χ4v) is 3.68. The van der Waals surface area contributed by atoms with Gasteiger partial charge in [-0.05, 0) is 50.3 Å². The van der Waals surface area contributed by atoms with Crippen molar-refractivity contribution in [3.63, 3.8) is 0 Å². The van der Waals surface area contributed by atoms with Crippen molar-refractivity contribution in [3.05, 3.63) is 29.7 Å². The van der Waals surface area contributed by atoms with Crippen molar-refractivity contribution in [2.75, 3.05) is 26.2 Å². The monoisotopic (exact) mass is 371 g/mol. The number of nitrogens with zero attached hydrogens (tertiary/aromatic N) is 2. The third kappa shape index (κ3) is 4.43. The van der Waals surface area contributed by atoms with E-state index >= 15 is 0 Å². The molecule has 4 rings (SSSR count). The van der Waals surface area contributed by atoms with Crippen LogP contribution in [0.15, 0.2) is 22.6 Å². The van der Waals surface area contributed by atoms with Gasteiger partial charge in [0.25, 0.3) is 0 Å². The number of carbonyl (C=O) groups excluding carboxylic acids is 2. The van der Waals surface area contributed by atoms with Crippen LogP contribution in [0.1, 0.15) is 50.5 Å². The van der Waals surface area contributed by atoms with Crippen molar-refractivity contribution in [3.8, 4) is 0 Å². The van der Waals surface area contributed by atoms with Gasteiger partial charge in [0.05, 0.1) is 6.04 Å². The zero-order valence-corrected chi connectivity index (χ0v) is 16.2. The molecule has 0 spiro atoms. The summed E-state index contributed by atoms with van der Waals surface area (Å²) in [7, 11) is 0. The van der Waals surface area contributed by atoms with Crippen molar-refractivity contribution >= 4 is 17.9 Å². The second-order valence-electron chi connectivity index (χ2n) is 8.21. The number of hydrogen-bond donors (Lipinski definition) is 1. The van der Waals surface area contributed by atoms with Crippen LogP contribution in [0.3, 0.4) is 0 Å². The van der Waals surface area contributed by atoms with Crippen LogP contribution in [0.2, 0.25) is 0 Å². The summed E-state index contributed by atoms with van der Waals surface area (Å²) in [5.41, 5.74) is 0. The quantitative estimate of drug-likeness (QED) is 0.779. The molecule has 3 atom stereocenters. The van der Waals surface area contributed by atoms with Gasteiger partial charge >= 0.3 is 0 Å². The molecule has 1 saturated heterocycles. The molecule has 146 valence electrons. The highest BCUT2D eigenvalue weighted by Gasteiger charge is 2.36. The summed E-state index contributed by atoms with van der Waals surface area (Å²) in [5, 5.41) is 3.06. The van der Waals surface area contributed by atoms with Crippen LogP contribution in [-0.2, 0) is 9.59 Å². The molecule has 6 nitrogen and oxygen atoms in total. The standard InChI is InChI=1S/C21H29N3O3/c1-14-13-18(14)19-7-5-17(27-19)6-8-20(25)24-11-9-23(10-12-24)15(2)21(26)22-16-3-4-16/h5-8,14-16,18H,3-4,9-13H2,1-2H3,(H,22,26)/b8-6+. The lowest BCUT2D eigenvalue weighted by atomic mass is 10.2. The third-order valence-corrected chi connectivity index (χ3v) is 5.99. The van der Waals surface area contributed by atoms with Crippen molar-refractivity contribution in [1.82, 2.24) is 15.1 Å². The Balaban J connectivity index is 1.24. The first kappa shape index (κ1) is 18.3. The Morgan fingerprint density at radius 2 is 1.93 bits per heavy atom. The Morgan fingerprint density at radius 1 is 1.22 bits per heavy atom. The lowest BCUT2D eigenvalue weighted by Crippen LogP contribution is -2.55. The summed E-state index contributed by atoms with van der Waals surface area (Å²) >= 11 is 0. The molecular formula is C21H29N3O3. The van der Waals surface area contributed by atoms with Crippen LogP contribution in [0.4, 0.5) is 0 Å². The Kier molecular flexibility index (Phi) is 5.08. The summed E-state index contributed by atoms with van der Waals surface area (Å²) in [4.78, 5) is 28.6. The zero-order valence-electron chi connectivity index (χ0n) is 16.2. The lowest BCUT2D eigenvalue weighted by Gasteiger charge is -2.37. The van der Waals surface area contributed by atoms with Crippen LogP contribution in [0.25, 0.3) is 6.08 Å². The molecule has 0 bridgehead atoms. The second-order valence-corrected chi connectivity index (χ2v) is 8.21. The zero-order chi connectivity index (χ0) is 19.0. The van der Waals surface area contributed by atoms with E-state index in [-0.39, 0.29) is 17.9 Å². The van der Waals surface area contributed by atoms with E-state index in [2.05, 4.69) is 17.1 Å². The summed E-state index contributed by atoms with van der Waals surface area (Å²) in [6.45, 7) is 6.92. The van der Waals surface area contributed by atoms with Crippen LogP contribution >= 0.6 is 0 Å². The molecule has 1 aromatic rings. The largest absolute Gasteiger partial charge is 0.461 e. The first-order valence-electron chi connectivity index (χ1n) is 10.1. The molecule has 6 heteroatoms. The number of amides is 2. The fourth-order valence-electron chi connectivity index (χ4n) is 3.68. The highest BCUT2D eigenvalue weighted by molar-refractivity contribution is 5.91. The molecule has 2 aliphatic carbocycles. The molecule has 2 saturated carbocycles. The minimum atomic E-state index is -0.134. The van der Waals surface area contributed by atoms with E-state index in [0.717, 1.165) is 37.5 Å². The van der Waals surface area contributed by atoms with Crippen molar-refractivity contribution in [2.24, 2.45) is 5.92 Å².